The van der Waals surface area contributed by atoms with Crippen LogP contribution < -0.4 is 19.5 Å². The molecule has 0 saturated heterocycles. The van der Waals surface area contributed by atoms with Crippen LogP contribution in [0.5, 0.6) is 17.2 Å². The Kier molecular flexibility index (Phi) is 6.37. The third-order valence-corrected chi connectivity index (χ3v) is 4.91. The van der Waals surface area contributed by atoms with Crippen LogP contribution in [0, 0.1) is 0 Å². The molecule has 0 aliphatic heterocycles. The Morgan fingerprint density at radius 1 is 0.900 bits per heavy atom. The van der Waals surface area contributed by atoms with Crippen molar-refractivity contribution in [2.75, 3.05) is 33.4 Å². The van der Waals surface area contributed by atoms with Crippen molar-refractivity contribution >= 4 is 21.8 Å². The van der Waals surface area contributed by atoms with Gasteiger partial charge in [0.25, 0.3) is 0 Å². The molecule has 6 nitrogen and oxygen atoms in total. The van der Waals surface area contributed by atoms with Gasteiger partial charge in [-0.25, -0.2) is 0 Å². The zero-order valence-corrected chi connectivity index (χ0v) is 16.9. The molecular formula is C24H30N2O4. The van der Waals surface area contributed by atoms with Crippen LogP contribution in [0.25, 0.3) is 21.8 Å². The van der Waals surface area contributed by atoms with Gasteiger partial charge >= 0.3 is 0 Å². The highest BCUT2D eigenvalue weighted by Gasteiger charge is 2.11. The number of fused-ring (bicyclic) bond motifs is 3. The monoisotopic (exact) mass is 410 g/mol. The molecule has 3 N–H and O–H groups in total. The van der Waals surface area contributed by atoms with E-state index in [0.717, 1.165) is 27.6 Å². The number of aromatic nitrogens is 1. The number of nitrogens with one attached hydrogen (secondary N) is 2. The summed E-state index contributed by atoms with van der Waals surface area (Å²) < 4.78 is 16.9. The standard InChI is InChI=1S/C24H26N2O4.2H2/c1-28-21-10-4-5-11-22(21)29-14-13-25-15-17(27)16-30-23-12-6-9-20-24(23)18-7-2-3-8-19(18)26-20;;/h2-12,17,25-27H,13-16H2,1H3;2*1H. The first kappa shape index (κ1) is 20.1. The summed E-state index contributed by atoms with van der Waals surface area (Å²) in [6.45, 7) is 1.70. The van der Waals surface area contributed by atoms with E-state index in [4.69, 9.17) is 14.2 Å². The Balaban J connectivity index is 0.00000181. The fraction of sp³-hybridized carbons (Fsp3) is 0.250. The summed E-state index contributed by atoms with van der Waals surface area (Å²) in [6, 6.07) is 21.6. The minimum Gasteiger partial charge on any atom is -0.493 e. The smallest absolute Gasteiger partial charge is 0.161 e. The van der Waals surface area contributed by atoms with Gasteiger partial charge in [-0.3, -0.25) is 0 Å². The molecule has 3 aromatic carbocycles. The van der Waals surface area contributed by atoms with Gasteiger partial charge in [0.05, 0.1) is 12.6 Å². The van der Waals surface area contributed by atoms with Crippen LogP contribution in [0.4, 0.5) is 0 Å². The second kappa shape index (κ2) is 9.52. The summed E-state index contributed by atoms with van der Waals surface area (Å²) in [5, 5.41) is 15.6. The molecule has 0 amide bonds. The normalized spacial score (nSPS) is 12.2. The summed E-state index contributed by atoms with van der Waals surface area (Å²) in [5.74, 6) is 2.18. The molecule has 4 rings (SSSR count). The highest BCUT2D eigenvalue weighted by atomic mass is 16.5. The van der Waals surface area contributed by atoms with Crippen LogP contribution >= 0.6 is 0 Å². The highest BCUT2D eigenvalue weighted by molar-refractivity contribution is 6.10. The highest BCUT2D eigenvalue weighted by Crippen LogP contribution is 2.33. The van der Waals surface area contributed by atoms with Crippen LogP contribution in [-0.2, 0) is 0 Å². The molecule has 0 radical (unpaired) electrons. The number of hydrogen-bond donors (Lipinski definition) is 3. The van der Waals surface area contributed by atoms with Gasteiger partial charge in [-0.15, -0.1) is 0 Å². The molecule has 0 aliphatic rings. The first-order valence-electron chi connectivity index (χ1n) is 10.0. The van der Waals surface area contributed by atoms with Crippen LogP contribution in [0.3, 0.4) is 0 Å². The lowest BCUT2D eigenvalue weighted by atomic mass is 10.1. The lowest BCUT2D eigenvalue weighted by Gasteiger charge is -2.15. The van der Waals surface area contributed by atoms with E-state index in [1.54, 1.807) is 7.11 Å². The van der Waals surface area contributed by atoms with Gasteiger partial charge in [0.15, 0.2) is 11.5 Å². The van der Waals surface area contributed by atoms with Crippen molar-refractivity contribution in [3.63, 3.8) is 0 Å². The van der Waals surface area contributed by atoms with Gasteiger partial charge in [0.1, 0.15) is 25.1 Å². The lowest BCUT2D eigenvalue weighted by Crippen LogP contribution is -2.33. The molecule has 0 aliphatic carbocycles. The van der Waals surface area contributed by atoms with Crippen LogP contribution in [0.1, 0.15) is 2.85 Å². The van der Waals surface area contributed by atoms with Crippen LogP contribution in [0.2, 0.25) is 0 Å². The number of H-pyrrole nitrogens is 1. The van der Waals surface area contributed by atoms with Gasteiger partial charge in [0, 0.05) is 32.2 Å². The maximum absolute atomic E-state index is 10.3. The second-order valence-corrected chi connectivity index (χ2v) is 7.02. The van der Waals surface area contributed by atoms with Gasteiger partial charge in [-0.05, 0) is 30.3 Å². The number of aliphatic hydroxyl groups excluding tert-OH is 1. The first-order chi connectivity index (χ1) is 14.8. The Bertz CT molecular complexity index is 1120. The molecule has 30 heavy (non-hydrogen) atoms. The molecule has 1 heterocycles. The van der Waals surface area contributed by atoms with Crippen molar-refractivity contribution in [1.82, 2.24) is 10.3 Å². The number of rotatable bonds is 10. The average Bonchev–Trinajstić information content (AvgIpc) is 3.17. The largest absolute Gasteiger partial charge is 0.493 e. The average molecular weight is 411 g/mol. The zero-order valence-electron chi connectivity index (χ0n) is 16.9. The van der Waals surface area contributed by atoms with E-state index in [0.29, 0.717) is 31.2 Å². The molecular weight excluding hydrogens is 380 g/mol. The molecule has 0 bridgehead atoms. The van der Waals surface area contributed by atoms with E-state index in [1.807, 2.05) is 60.7 Å². The predicted molar refractivity (Wildman–Crippen MR) is 123 cm³/mol. The minimum atomic E-state index is -0.628. The van der Waals surface area contributed by atoms with Crippen molar-refractivity contribution < 1.29 is 22.2 Å². The third kappa shape index (κ3) is 4.50. The Hall–Kier alpha value is -3.22. The van der Waals surface area contributed by atoms with Gasteiger partial charge < -0.3 is 29.6 Å². The summed E-state index contributed by atoms with van der Waals surface area (Å²) in [5.41, 5.74) is 2.09. The van der Waals surface area contributed by atoms with Crippen molar-refractivity contribution in [3.05, 3.63) is 66.7 Å². The summed E-state index contributed by atoms with van der Waals surface area (Å²) >= 11 is 0. The molecule has 1 atom stereocenters. The van der Waals surface area contributed by atoms with Gasteiger partial charge in [-0.2, -0.15) is 0 Å². The van der Waals surface area contributed by atoms with Gasteiger partial charge in [0.2, 0.25) is 0 Å². The SMILES string of the molecule is COc1ccccc1OCCNCC(O)COc1cccc2[nH]c3ccccc3c12.[HH].[HH]. The molecule has 160 valence electrons. The van der Waals surface area contributed by atoms with Crippen LogP contribution in [0.15, 0.2) is 66.7 Å². The van der Waals surface area contributed by atoms with E-state index >= 15 is 0 Å². The molecule has 0 saturated carbocycles. The first-order valence-corrected chi connectivity index (χ1v) is 10.0. The van der Waals surface area contributed by atoms with Crippen LogP contribution in [-0.4, -0.2) is 49.6 Å². The Morgan fingerprint density at radius 3 is 2.50 bits per heavy atom. The second-order valence-electron chi connectivity index (χ2n) is 7.02. The predicted octanol–water partition coefficient (Wildman–Crippen LogP) is 4.23. The molecule has 1 unspecified atom stereocenters. The number of aliphatic hydroxyl groups is 1. The number of para-hydroxylation sites is 3. The number of methoxy groups -OCH3 is 1. The number of hydrogen-bond acceptors (Lipinski definition) is 5. The minimum absolute atomic E-state index is 0. The van der Waals surface area contributed by atoms with Crippen molar-refractivity contribution in [1.29, 1.82) is 0 Å². The Labute approximate surface area is 178 Å². The zero-order chi connectivity index (χ0) is 20.8. The molecule has 0 spiro atoms. The van der Waals surface area contributed by atoms with E-state index < -0.39 is 6.10 Å². The van der Waals surface area contributed by atoms with E-state index in [9.17, 15) is 5.11 Å². The molecule has 6 heteroatoms. The van der Waals surface area contributed by atoms with Crippen molar-refractivity contribution in [3.8, 4) is 17.2 Å². The number of aromatic amines is 1. The Morgan fingerprint density at radius 2 is 1.63 bits per heavy atom. The molecule has 0 fully saturated rings. The van der Waals surface area contributed by atoms with E-state index in [1.165, 1.54) is 0 Å². The fourth-order valence-electron chi connectivity index (χ4n) is 3.47. The van der Waals surface area contributed by atoms with E-state index in [2.05, 4.69) is 16.4 Å². The summed E-state index contributed by atoms with van der Waals surface area (Å²) in [6.07, 6.45) is -0.628. The molecule has 4 aromatic rings. The van der Waals surface area contributed by atoms with E-state index in [-0.39, 0.29) is 9.46 Å². The number of ether oxygens (including phenoxy) is 3. The van der Waals surface area contributed by atoms with Gasteiger partial charge in [-0.1, -0.05) is 36.4 Å². The quantitative estimate of drug-likeness (QED) is 0.341. The van der Waals surface area contributed by atoms with Crippen molar-refractivity contribution in [2.24, 2.45) is 0 Å². The maximum atomic E-state index is 10.3. The fourth-order valence-corrected chi connectivity index (χ4v) is 3.47. The maximum Gasteiger partial charge on any atom is 0.161 e. The summed E-state index contributed by atoms with van der Waals surface area (Å²) in [7, 11) is 1.62. The summed E-state index contributed by atoms with van der Waals surface area (Å²) in [4.78, 5) is 3.40. The third-order valence-electron chi connectivity index (χ3n) is 4.91. The van der Waals surface area contributed by atoms with Crippen molar-refractivity contribution in [2.45, 2.75) is 6.10 Å². The molecule has 1 aromatic heterocycles. The lowest BCUT2D eigenvalue weighted by molar-refractivity contribution is 0.106. The number of benzene rings is 3. The topological polar surface area (TPSA) is 75.7 Å².